The zero-order valence-electron chi connectivity index (χ0n) is 15.2. The van der Waals surface area contributed by atoms with Gasteiger partial charge in [-0.2, -0.15) is 0 Å². The van der Waals surface area contributed by atoms with Crippen molar-refractivity contribution in [2.75, 3.05) is 20.8 Å². The Morgan fingerprint density at radius 2 is 1.74 bits per heavy atom. The number of carbonyl (C=O) groups is 2. The normalized spacial score (nSPS) is 10.4. The van der Waals surface area contributed by atoms with Gasteiger partial charge in [0.15, 0.2) is 18.1 Å². The summed E-state index contributed by atoms with van der Waals surface area (Å²) in [7, 11) is 3.13. The molecule has 0 saturated heterocycles. The summed E-state index contributed by atoms with van der Waals surface area (Å²) < 4.78 is 15.6. The van der Waals surface area contributed by atoms with Crippen LogP contribution in [0.3, 0.4) is 0 Å². The first-order valence-electron chi connectivity index (χ1n) is 8.20. The number of rotatable bonds is 9. The summed E-state index contributed by atoms with van der Waals surface area (Å²) in [5, 5.41) is 2.80. The molecule has 7 heteroatoms. The maximum Gasteiger partial charge on any atom is 0.255 e. The fraction of sp³-hybridized carbons (Fsp3) is 0.200. The molecule has 0 spiro atoms. The van der Waals surface area contributed by atoms with E-state index in [2.05, 4.69) is 5.32 Å². The van der Waals surface area contributed by atoms with Crippen molar-refractivity contribution in [3.8, 4) is 17.2 Å². The molecule has 0 aliphatic heterocycles. The van der Waals surface area contributed by atoms with Crippen molar-refractivity contribution in [3.05, 3.63) is 59.7 Å². The van der Waals surface area contributed by atoms with E-state index in [0.29, 0.717) is 23.8 Å². The molecule has 0 radical (unpaired) electrons. The summed E-state index contributed by atoms with van der Waals surface area (Å²) in [5.41, 5.74) is 6.74. The van der Waals surface area contributed by atoms with E-state index in [-0.39, 0.29) is 12.5 Å². The molecular weight excluding hydrogens is 348 g/mol. The van der Waals surface area contributed by atoms with Crippen LogP contribution >= 0.6 is 0 Å². The zero-order chi connectivity index (χ0) is 19.6. The lowest BCUT2D eigenvalue weighted by Crippen LogP contribution is -2.20. The highest BCUT2D eigenvalue weighted by Crippen LogP contribution is 2.27. The highest BCUT2D eigenvalue weighted by atomic mass is 16.5. The van der Waals surface area contributed by atoms with E-state index in [9.17, 15) is 9.59 Å². The molecular formula is C20H22N2O5. The monoisotopic (exact) mass is 370 g/mol. The van der Waals surface area contributed by atoms with Crippen molar-refractivity contribution in [2.45, 2.75) is 6.54 Å². The SMILES string of the molecule is COc1ccc(CNC(=O)/C=C/c2ccc(OCC(N)=O)cc2)cc1OC. The van der Waals surface area contributed by atoms with Crippen LogP contribution in [-0.2, 0) is 16.1 Å². The van der Waals surface area contributed by atoms with Crippen LogP contribution in [-0.4, -0.2) is 32.6 Å². The predicted octanol–water partition coefficient (Wildman–Crippen LogP) is 1.90. The number of nitrogens with two attached hydrogens (primary N) is 1. The van der Waals surface area contributed by atoms with Crippen LogP contribution < -0.4 is 25.3 Å². The van der Waals surface area contributed by atoms with E-state index in [1.165, 1.54) is 6.08 Å². The Bertz CT molecular complexity index is 816. The lowest BCUT2D eigenvalue weighted by molar-refractivity contribution is -0.120. The van der Waals surface area contributed by atoms with Crippen molar-refractivity contribution >= 4 is 17.9 Å². The van der Waals surface area contributed by atoms with Crippen molar-refractivity contribution in [3.63, 3.8) is 0 Å². The molecule has 3 N–H and O–H groups in total. The van der Waals surface area contributed by atoms with E-state index in [1.807, 2.05) is 12.1 Å². The molecule has 0 aliphatic carbocycles. The second-order valence-electron chi connectivity index (χ2n) is 5.56. The third-order valence-electron chi connectivity index (χ3n) is 3.60. The smallest absolute Gasteiger partial charge is 0.255 e. The van der Waals surface area contributed by atoms with Crippen LogP contribution in [0.5, 0.6) is 17.2 Å². The molecule has 2 aromatic rings. The molecule has 0 fully saturated rings. The first-order chi connectivity index (χ1) is 13.0. The van der Waals surface area contributed by atoms with E-state index in [4.69, 9.17) is 19.9 Å². The van der Waals surface area contributed by atoms with Gasteiger partial charge in [0.25, 0.3) is 5.91 Å². The van der Waals surface area contributed by atoms with Gasteiger partial charge in [-0.3, -0.25) is 9.59 Å². The van der Waals surface area contributed by atoms with Gasteiger partial charge >= 0.3 is 0 Å². The standard InChI is InChI=1S/C20H22N2O5/c1-25-17-9-5-15(11-18(17)26-2)12-22-20(24)10-6-14-3-7-16(8-4-14)27-13-19(21)23/h3-11H,12-13H2,1-2H3,(H2,21,23)(H,22,24)/b10-6+. The number of hydrogen-bond donors (Lipinski definition) is 2. The molecule has 142 valence electrons. The zero-order valence-corrected chi connectivity index (χ0v) is 15.2. The summed E-state index contributed by atoms with van der Waals surface area (Å²) in [6.45, 7) is 0.192. The molecule has 0 bridgehead atoms. The van der Waals surface area contributed by atoms with Gasteiger partial charge in [0.05, 0.1) is 14.2 Å². The van der Waals surface area contributed by atoms with Crippen LogP contribution in [0.2, 0.25) is 0 Å². The van der Waals surface area contributed by atoms with Gasteiger partial charge in [0, 0.05) is 12.6 Å². The van der Waals surface area contributed by atoms with Crippen molar-refractivity contribution in [1.29, 1.82) is 0 Å². The van der Waals surface area contributed by atoms with Gasteiger partial charge in [-0.25, -0.2) is 0 Å². The molecule has 0 aromatic heterocycles. The molecule has 2 aromatic carbocycles. The minimum Gasteiger partial charge on any atom is -0.493 e. The van der Waals surface area contributed by atoms with E-state index < -0.39 is 5.91 Å². The molecule has 0 atom stereocenters. The van der Waals surface area contributed by atoms with Crippen molar-refractivity contribution < 1.29 is 23.8 Å². The van der Waals surface area contributed by atoms with Gasteiger partial charge in [0.1, 0.15) is 5.75 Å². The van der Waals surface area contributed by atoms with Crippen LogP contribution in [0.25, 0.3) is 6.08 Å². The molecule has 0 saturated carbocycles. The van der Waals surface area contributed by atoms with Crippen molar-refractivity contribution in [1.82, 2.24) is 5.32 Å². The Hall–Kier alpha value is -3.48. The van der Waals surface area contributed by atoms with Gasteiger partial charge in [-0.1, -0.05) is 18.2 Å². The maximum absolute atomic E-state index is 12.0. The average molecular weight is 370 g/mol. The molecule has 2 rings (SSSR count). The minimum absolute atomic E-state index is 0.173. The van der Waals surface area contributed by atoms with Gasteiger partial charge < -0.3 is 25.3 Å². The predicted molar refractivity (Wildman–Crippen MR) is 102 cm³/mol. The van der Waals surface area contributed by atoms with Crippen LogP contribution in [0.4, 0.5) is 0 Å². The molecule has 0 unspecified atom stereocenters. The van der Waals surface area contributed by atoms with Crippen LogP contribution in [0, 0.1) is 0 Å². The summed E-state index contributed by atoms with van der Waals surface area (Å²) in [6.07, 6.45) is 3.13. The number of hydrogen-bond acceptors (Lipinski definition) is 5. The number of benzene rings is 2. The number of carbonyl (C=O) groups excluding carboxylic acids is 2. The quantitative estimate of drug-likeness (QED) is 0.657. The summed E-state index contributed by atoms with van der Waals surface area (Å²) in [6, 6.07) is 12.4. The molecule has 27 heavy (non-hydrogen) atoms. The van der Waals surface area contributed by atoms with Crippen LogP contribution in [0.15, 0.2) is 48.5 Å². The third-order valence-corrected chi connectivity index (χ3v) is 3.60. The van der Waals surface area contributed by atoms with Gasteiger partial charge in [0.2, 0.25) is 5.91 Å². The highest BCUT2D eigenvalue weighted by Gasteiger charge is 2.05. The van der Waals surface area contributed by atoms with Crippen LogP contribution in [0.1, 0.15) is 11.1 Å². The Labute approximate surface area is 157 Å². The third kappa shape index (κ3) is 6.39. The first-order valence-corrected chi connectivity index (χ1v) is 8.20. The Morgan fingerprint density at radius 3 is 2.37 bits per heavy atom. The summed E-state index contributed by atoms with van der Waals surface area (Å²) >= 11 is 0. The fourth-order valence-corrected chi connectivity index (χ4v) is 2.24. The maximum atomic E-state index is 12.0. The lowest BCUT2D eigenvalue weighted by atomic mass is 10.2. The van der Waals surface area contributed by atoms with E-state index >= 15 is 0 Å². The van der Waals surface area contributed by atoms with E-state index in [1.54, 1.807) is 50.6 Å². The number of amides is 2. The number of methoxy groups -OCH3 is 2. The number of ether oxygens (including phenoxy) is 3. The van der Waals surface area contributed by atoms with Gasteiger partial charge in [-0.05, 0) is 41.5 Å². The highest BCUT2D eigenvalue weighted by molar-refractivity contribution is 5.91. The Kier molecular flexibility index (Phi) is 7.25. The number of nitrogens with one attached hydrogen (secondary N) is 1. The molecule has 0 aliphatic rings. The van der Waals surface area contributed by atoms with Gasteiger partial charge in [-0.15, -0.1) is 0 Å². The Balaban J connectivity index is 1.87. The number of primary amides is 1. The molecule has 7 nitrogen and oxygen atoms in total. The van der Waals surface area contributed by atoms with E-state index in [0.717, 1.165) is 11.1 Å². The average Bonchev–Trinajstić information content (AvgIpc) is 2.69. The van der Waals surface area contributed by atoms with Crippen molar-refractivity contribution in [2.24, 2.45) is 5.73 Å². The summed E-state index contributed by atoms with van der Waals surface area (Å²) in [5.74, 6) is 1.02. The molecule has 0 heterocycles. The molecule has 2 amide bonds. The topological polar surface area (TPSA) is 99.9 Å². The largest absolute Gasteiger partial charge is 0.493 e. The second-order valence-corrected chi connectivity index (χ2v) is 5.56. The first kappa shape index (κ1) is 19.8. The minimum atomic E-state index is -0.537. The fourth-order valence-electron chi connectivity index (χ4n) is 2.24. The lowest BCUT2D eigenvalue weighted by Gasteiger charge is -2.09. The second kappa shape index (κ2) is 9.86. The Morgan fingerprint density at radius 1 is 1.04 bits per heavy atom. The summed E-state index contributed by atoms with van der Waals surface area (Å²) in [4.78, 5) is 22.7.